The Bertz CT molecular complexity index is 1120. The standard InChI is InChI=1S/C23H25ClN2O6/c1-29-17-7-6-13(10-18(17)30-15-4-2-3-5-15)11-19-26-20-21(31-19)14(8-9-27)12-16(24)22(20)32-23(25)28/h6-7,10,12,15,27H,2-5,8-9,11H2,1H3,(H2,25,28). The third-order valence-electron chi connectivity index (χ3n) is 5.46. The fourth-order valence-electron chi connectivity index (χ4n) is 4.00. The zero-order valence-corrected chi connectivity index (χ0v) is 18.5. The van der Waals surface area contributed by atoms with Crippen molar-refractivity contribution in [1.29, 1.82) is 0 Å². The molecule has 9 heteroatoms. The number of nitrogens with two attached hydrogens (primary N) is 1. The van der Waals surface area contributed by atoms with E-state index in [-0.39, 0.29) is 29.0 Å². The Labute approximate surface area is 190 Å². The van der Waals surface area contributed by atoms with Crippen LogP contribution in [0, 0.1) is 0 Å². The molecule has 170 valence electrons. The maximum atomic E-state index is 11.3. The van der Waals surface area contributed by atoms with E-state index in [1.165, 1.54) is 12.8 Å². The Morgan fingerprint density at radius 2 is 2.06 bits per heavy atom. The van der Waals surface area contributed by atoms with Crippen LogP contribution in [0.4, 0.5) is 4.79 Å². The molecule has 0 unspecified atom stereocenters. The predicted molar refractivity (Wildman–Crippen MR) is 119 cm³/mol. The molecule has 1 fully saturated rings. The molecule has 1 aliphatic carbocycles. The highest BCUT2D eigenvalue weighted by Gasteiger charge is 2.22. The number of carbonyl (C=O) groups excluding carboxylic acids is 1. The van der Waals surface area contributed by atoms with Gasteiger partial charge in [-0.3, -0.25) is 0 Å². The van der Waals surface area contributed by atoms with Crippen molar-refractivity contribution < 1.29 is 28.5 Å². The van der Waals surface area contributed by atoms with Crippen LogP contribution in [0.1, 0.15) is 42.7 Å². The van der Waals surface area contributed by atoms with Gasteiger partial charge in [-0.05, 0) is 55.9 Å². The number of aliphatic hydroxyl groups is 1. The summed E-state index contributed by atoms with van der Waals surface area (Å²) in [6.45, 7) is -0.0994. The number of amides is 1. The smallest absolute Gasteiger partial charge is 0.410 e. The number of ether oxygens (including phenoxy) is 3. The van der Waals surface area contributed by atoms with Crippen LogP contribution in [0.25, 0.3) is 11.1 Å². The average Bonchev–Trinajstić information content (AvgIpc) is 3.41. The summed E-state index contributed by atoms with van der Waals surface area (Å²) in [6.07, 6.45) is 4.28. The van der Waals surface area contributed by atoms with Crippen molar-refractivity contribution in [3.05, 3.63) is 46.3 Å². The number of benzene rings is 2. The van der Waals surface area contributed by atoms with Gasteiger partial charge in [-0.25, -0.2) is 9.78 Å². The van der Waals surface area contributed by atoms with Crippen LogP contribution < -0.4 is 19.9 Å². The summed E-state index contributed by atoms with van der Waals surface area (Å²) in [7, 11) is 1.62. The summed E-state index contributed by atoms with van der Waals surface area (Å²) in [5.74, 6) is 1.79. The topological polar surface area (TPSA) is 117 Å². The number of fused-ring (bicyclic) bond motifs is 1. The van der Waals surface area contributed by atoms with E-state index in [0.717, 1.165) is 18.4 Å². The van der Waals surface area contributed by atoms with Crippen molar-refractivity contribution in [2.24, 2.45) is 5.73 Å². The van der Waals surface area contributed by atoms with Crippen LogP contribution in [-0.4, -0.2) is 36.0 Å². The minimum Gasteiger partial charge on any atom is -0.493 e. The highest BCUT2D eigenvalue weighted by Crippen LogP contribution is 2.38. The normalized spacial score (nSPS) is 14.1. The third-order valence-corrected chi connectivity index (χ3v) is 5.74. The summed E-state index contributed by atoms with van der Waals surface area (Å²) in [4.78, 5) is 15.8. The predicted octanol–water partition coefficient (Wildman–Crippen LogP) is 4.39. The second kappa shape index (κ2) is 9.67. The molecule has 8 nitrogen and oxygen atoms in total. The van der Waals surface area contributed by atoms with Crippen LogP contribution in [0.3, 0.4) is 0 Å². The van der Waals surface area contributed by atoms with Crippen LogP contribution in [-0.2, 0) is 12.8 Å². The molecule has 3 aromatic rings. The molecular formula is C23H25ClN2O6. The quantitative estimate of drug-likeness (QED) is 0.511. The van der Waals surface area contributed by atoms with E-state index >= 15 is 0 Å². The minimum atomic E-state index is -1.00. The van der Waals surface area contributed by atoms with Crippen LogP contribution in [0.5, 0.6) is 17.2 Å². The molecule has 1 aromatic heterocycles. The van der Waals surface area contributed by atoms with Gasteiger partial charge in [0, 0.05) is 18.6 Å². The number of oxazole rings is 1. The Kier molecular flexibility index (Phi) is 6.72. The Hall–Kier alpha value is -2.97. The van der Waals surface area contributed by atoms with Gasteiger partial charge < -0.3 is 29.5 Å². The van der Waals surface area contributed by atoms with Gasteiger partial charge in [0.05, 0.1) is 18.2 Å². The second-order valence-electron chi connectivity index (χ2n) is 7.71. The third kappa shape index (κ3) is 4.76. The van der Waals surface area contributed by atoms with E-state index < -0.39 is 6.09 Å². The van der Waals surface area contributed by atoms with Crippen molar-refractivity contribution >= 4 is 28.8 Å². The monoisotopic (exact) mass is 460 g/mol. The van der Waals surface area contributed by atoms with Gasteiger partial charge in [0.1, 0.15) is 0 Å². The first-order valence-corrected chi connectivity index (χ1v) is 10.9. The molecule has 1 heterocycles. The number of halogens is 1. The largest absolute Gasteiger partial charge is 0.493 e. The average molecular weight is 461 g/mol. The van der Waals surface area contributed by atoms with E-state index in [1.807, 2.05) is 18.2 Å². The first-order valence-electron chi connectivity index (χ1n) is 10.5. The van der Waals surface area contributed by atoms with Gasteiger partial charge in [-0.1, -0.05) is 17.7 Å². The molecule has 1 saturated carbocycles. The number of aromatic nitrogens is 1. The number of nitrogens with zero attached hydrogens (tertiary/aromatic N) is 1. The van der Waals surface area contributed by atoms with Gasteiger partial charge in [0.15, 0.2) is 34.2 Å². The number of rotatable bonds is 8. The fourth-order valence-corrected chi connectivity index (χ4v) is 4.26. The lowest BCUT2D eigenvalue weighted by Crippen LogP contribution is -2.16. The molecule has 1 aliphatic rings. The van der Waals surface area contributed by atoms with Crippen molar-refractivity contribution in [2.45, 2.75) is 44.6 Å². The summed E-state index contributed by atoms with van der Waals surface area (Å²) < 4.78 is 22.7. The van der Waals surface area contributed by atoms with E-state index in [0.29, 0.717) is 41.4 Å². The van der Waals surface area contributed by atoms with E-state index in [4.69, 9.17) is 36.0 Å². The lowest BCUT2D eigenvalue weighted by Gasteiger charge is -2.16. The lowest BCUT2D eigenvalue weighted by molar-refractivity contribution is 0.200. The zero-order chi connectivity index (χ0) is 22.7. The second-order valence-corrected chi connectivity index (χ2v) is 8.12. The lowest BCUT2D eigenvalue weighted by atomic mass is 10.1. The molecule has 2 aromatic carbocycles. The molecule has 0 atom stereocenters. The van der Waals surface area contributed by atoms with Crippen molar-refractivity contribution in [1.82, 2.24) is 4.98 Å². The maximum Gasteiger partial charge on any atom is 0.410 e. The van der Waals surface area contributed by atoms with Gasteiger partial charge in [0.25, 0.3) is 0 Å². The molecule has 3 N–H and O–H groups in total. The van der Waals surface area contributed by atoms with Crippen LogP contribution in [0.2, 0.25) is 5.02 Å². The van der Waals surface area contributed by atoms with Crippen molar-refractivity contribution in [3.63, 3.8) is 0 Å². The van der Waals surface area contributed by atoms with Gasteiger partial charge >= 0.3 is 6.09 Å². The minimum absolute atomic E-state index is 0.0332. The number of hydrogen-bond acceptors (Lipinski definition) is 7. The number of primary amides is 1. The number of hydrogen-bond donors (Lipinski definition) is 2. The number of aliphatic hydroxyl groups excluding tert-OH is 1. The molecule has 0 radical (unpaired) electrons. The molecule has 1 amide bonds. The highest BCUT2D eigenvalue weighted by molar-refractivity contribution is 6.33. The molecule has 0 aliphatic heterocycles. The number of methoxy groups -OCH3 is 1. The molecule has 0 saturated heterocycles. The van der Waals surface area contributed by atoms with Crippen LogP contribution >= 0.6 is 11.6 Å². The molecule has 0 spiro atoms. The van der Waals surface area contributed by atoms with E-state index in [9.17, 15) is 9.90 Å². The van der Waals surface area contributed by atoms with Gasteiger partial charge in [-0.2, -0.15) is 0 Å². The van der Waals surface area contributed by atoms with Crippen molar-refractivity contribution in [2.75, 3.05) is 13.7 Å². The highest BCUT2D eigenvalue weighted by atomic mass is 35.5. The molecular weight excluding hydrogens is 436 g/mol. The Morgan fingerprint density at radius 1 is 1.28 bits per heavy atom. The summed E-state index contributed by atoms with van der Waals surface area (Å²) in [5.41, 5.74) is 7.43. The van der Waals surface area contributed by atoms with Gasteiger partial charge in [-0.15, -0.1) is 0 Å². The first kappa shape index (κ1) is 22.2. The Balaban J connectivity index is 1.68. The van der Waals surface area contributed by atoms with Crippen molar-refractivity contribution in [3.8, 4) is 17.2 Å². The SMILES string of the molecule is COc1ccc(Cc2nc3c(OC(N)=O)c(Cl)cc(CCO)c3o2)cc1OC1CCCC1. The van der Waals surface area contributed by atoms with E-state index in [2.05, 4.69) is 4.98 Å². The molecule has 0 bridgehead atoms. The summed E-state index contributed by atoms with van der Waals surface area (Å²) >= 11 is 6.27. The number of carbonyl (C=O) groups is 1. The molecule has 4 rings (SSSR count). The fraction of sp³-hybridized carbons (Fsp3) is 0.391. The Morgan fingerprint density at radius 3 is 2.75 bits per heavy atom. The zero-order valence-electron chi connectivity index (χ0n) is 17.7. The maximum absolute atomic E-state index is 11.3. The van der Waals surface area contributed by atoms with E-state index in [1.54, 1.807) is 13.2 Å². The summed E-state index contributed by atoms with van der Waals surface area (Å²) in [6, 6.07) is 7.28. The summed E-state index contributed by atoms with van der Waals surface area (Å²) in [5, 5.41) is 9.55. The first-order chi connectivity index (χ1) is 15.5. The van der Waals surface area contributed by atoms with Crippen LogP contribution in [0.15, 0.2) is 28.7 Å². The van der Waals surface area contributed by atoms with Gasteiger partial charge in [0.2, 0.25) is 0 Å². The molecule has 32 heavy (non-hydrogen) atoms.